The van der Waals surface area contributed by atoms with E-state index in [1.807, 2.05) is 0 Å². The molecule has 3 aromatic carbocycles. The summed E-state index contributed by atoms with van der Waals surface area (Å²) in [6.07, 6.45) is -4.88. The molecule has 3 fully saturated rings. The summed E-state index contributed by atoms with van der Waals surface area (Å²) in [5.41, 5.74) is -1.69. The highest BCUT2D eigenvalue weighted by atomic mass is 35.5. The zero-order valence-corrected chi connectivity index (χ0v) is 28.1. The van der Waals surface area contributed by atoms with Gasteiger partial charge >= 0.3 is 6.18 Å². The van der Waals surface area contributed by atoms with Crippen molar-refractivity contribution in [3.05, 3.63) is 112 Å². The van der Waals surface area contributed by atoms with Crippen LogP contribution in [0.2, 0.25) is 10.0 Å². The molecule has 256 valence electrons. The van der Waals surface area contributed by atoms with Gasteiger partial charge in [-0.2, -0.15) is 13.2 Å². The highest BCUT2D eigenvalue weighted by molar-refractivity contribution is 7.93. The second-order valence-corrected chi connectivity index (χ2v) is 15.7. The van der Waals surface area contributed by atoms with Crippen LogP contribution in [0.1, 0.15) is 61.8 Å². The minimum Gasteiger partial charge on any atom is -0.354 e. The Labute approximate surface area is 287 Å². The number of ether oxygens (including phenoxy) is 1. The molecule has 2 saturated carbocycles. The lowest BCUT2D eigenvalue weighted by Gasteiger charge is -2.53. The van der Waals surface area contributed by atoms with Crippen LogP contribution in [0, 0.1) is 11.7 Å². The third-order valence-electron chi connectivity index (χ3n) is 9.16. The number of anilines is 1. The summed E-state index contributed by atoms with van der Waals surface area (Å²) in [5.74, 6) is -2.00. The Kier molecular flexibility index (Phi) is 9.63. The normalized spacial score (nSPS) is 24.0. The third kappa shape index (κ3) is 7.11. The van der Waals surface area contributed by atoms with Crippen LogP contribution in [0.5, 0.6) is 0 Å². The molecule has 13 heteroatoms. The molecular weight excluding hydrogens is 691 g/mol. The van der Waals surface area contributed by atoms with Crippen molar-refractivity contribution >= 4 is 44.8 Å². The third-order valence-corrected chi connectivity index (χ3v) is 11.9. The SMILES string of the molecule is C=CCC1(CC(F)(F)F)OC(c2cccc(Cl)c2)C(c2ccc(Cl)cc2)N(C(CN(c2ccccc2F)S(=O)(=O)C2CC2)C2CC2)C1=O. The van der Waals surface area contributed by atoms with Crippen molar-refractivity contribution in [2.45, 2.75) is 73.7 Å². The molecule has 1 heterocycles. The number of rotatable bonds is 12. The van der Waals surface area contributed by atoms with Gasteiger partial charge in [0, 0.05) is 16.5 Å². The van der Waals surface area contributed by atoms with Crippen molar-refractivity contribution < 1.29 is 35.5 Å². The molecule has 6 rings (SSSR count). The number of halogens is 6. The average Bonchev–Trinajstić information content (AvgIpc) is 3.94. The van der Waals surface area contributed by atoms with E-state index < -0.39 is 69.8 Å². The molecule has 0 spiro atoms. The van der Waals surface area contributed by atoms with Crippen molar-refractivity contribution in [3.8, 4) is 0 Å². The second-order valence-electron chi connectivity index (χ2n) is 12.7. The Morgan fingerprint density at radius 3 is 2.25 bits per heavy atom. The number of nitrogens with zero attached hydrogens (tertiary/aromatic N) is 2. The number of alkyl halides is 3. The molecule has 1 amide bonds. The molecular formula is C35H34Cl2F4N2O4S. The fourth-order valence-electron chi connectivity index (χ4n) is 6.69. The largest absolute Gasteiger partial charge is 0.392 e. The molecule has 1 saturated heterocycles. The van der Waals surface area contributed by atoms with Crippen LogP contribution in [0.3, 0.4) is 0 Å². The van der Waals surface area contributed by atoms with Gasteiger partial charge in [0.2, 0.25) is 10.0 Å². The van der Waals surface area contributed by atoms with Gasteiger partial charge in [-0.15, -0.1) is 6.58 Å². The van der Waals surface area contributed by atoms with Crippen molar-refractivity contribution in [1.82, 2.24) is 4.90 Å². The van der Waals surface area contributed by atoms with E-state index in [-0.39, 0.29) is 18.2 Å². The van der Waals surface area contributed by atoms with E-state index in [0.717, 1.165) is 10.4 Å². The van der Waals surface area contributed by atoms with Gasteiger partial charge in [-0.25, -0.2) is 12.8 Å². The maximum Gasteiger partial charge on any atom is 0.392 e. The van der Waals surface area contributed by atoms with Crippen LogP contribution in [0.25, 0.3) is 0 Å². The van der Waals surface area contributed by atoms with E-state index >= 15 is 4.39 Å². The van der Waals surface area contributed by atoms with Crippen molar-refractivity contribution in [2.24, 2.45) is 5.92 Å². The lowest BCUT2D eigenvalue weighted by Crippen LogP contribution is -2.64. The molecule has 48 heavy (non-hydrogen) atoms. The smallest absolute Gasteiger partial charge is 0.354 e. The van der Waals surface area contributed by atoms with Gasteiger partial charge in [-0.3, -0.25) is 9.10 Å². The summed E-state index contributed by atoms with van der Waals surface area (Å²) in [6, 6.07) is 16.5. The van der Waals surface area contributed by atoms with Crippen LogP contribution in [-0.4, -0.2) is 48.8 Å². The first-order valence-electron chi connectivity index (χ1n) is 15.7. The number of morpholine rings is 1. The predicted octanol–water partition coefficient (Wildman–Crippen LogP) is 8.82. The van der Waals surface area contributed by atoms with Crippen LogP contribution in [0.15, 0.2) is 85.5 Å². The fraction of sp³-hybridized carbons (Fsp3) is 0.400. The standard InChI is InChI=1S/C35H34Cl2F4N2O4S/c1-2-18-34(21-35(39,40)41)33(44)43(31(23-12-14-25(36)15-13-23)32(47-34)24-6-5-7-26(37)19-24)30(22-10-11-22)20-42(48(45,46)27-16-17-27)29-9-4-3-8-28(29)38/h2-9,12-15,19,22,27,30-32H,1,10-11,16-18,20-21H2. The van der Waals surface area contributed by atoms with Crippen LogP contribution in [-0.2, 0) is 19.6 Å². The van der Waals surface area contributed by atoms with Gasteiger partial charge in [0.25, 0.3) is 5.91 Å². The summed E-state index contributed by atoms with van der Waals surface area (Å²) in [4.78, 5) is 16.3. The molecule has 3 aliphatic rings. The quantitative estimate of drug-likeness (QED) is 0.138. The number of hydrogen-bond acceptors (Lipinski definition) is 4. The topological polar surface area (TPSA) is 66.9 Å². The summed E-state index contributed by atoms with van der Waals surface area (Å²) >= 11 is 12.6. The molecule has 6 nitrogen and oxygen atoms in total. The second kappa shape index (κ2) is 13.3. The molecule has 0 bridgehead atoms. The van der Waals surface area contributed by atoms with E-state index in [9.17, 15) is 26.4 Å². The van der Waals surface area contributed by atoms with E-state index in [0.29, 0.717) is 46.9 Å². The van der Waals surface area contributed by atoms with E-state index in [4.69, 9.17) is 27.9 Å². The number of carbonyl (C=O) groups excluding carboxylic acids is 1. The Balaban J connectivity index is 1.57. The molecule has 0 aromatic heterocycles. The van der Waals surface area contributed by atoms with Crippen molar-refractivity contribution in [3.63, 3.8) is 0 Å². The summed E-state index contributed by atoms with van der Waals surface area (Å²) in [6.45, 7) is 3.29. The van der Waals surface area contributed by atoms with Crippen molar-refractivity contribution in [1.29, 1.82) is 0 Å². The first-order chi connectivity index (χ1) is 22.7. The highest BCUT2D eigenvalue weighted by Crippen LogP contribution is 2.53. The molecule has 4 unspecified atom stereocenters. The molecule has 4 atom stereocenters. The van der Waals surface area contributed by atoms with E-state index in [2.05, 4.69) is 6.58 Å². The fourth-order valence-corrected chi connectivity index (χ4v) is 8.89. The molecule has 0 radical (unpaired) electrons. The zero-order valence-electron chi connectivity index (χ0n) is 25.8. The van der Waals surface area contributed by atoms with Gasteiger partial charge in [0.15, 0.2) is 5.60 Å². The van der Waals surface area contributed by atoms with Gasteiger partial charge in [0.1, 0.15) is 11.9 Å². The highest BCUT2D eigenvalue weighted by Gasteiger charge is 2.60. The van der Waals surface area contributed by atoms with Crippen LogP contribution >= 0.6 is 23.2 Å². The Morgan fingerprint density at radius 2 is 1.67 bits per heavy atom. The van der Waals surface area contributed by atoms with Gasteiger partial charge in [-0.05, 0) is 79.1 Å². The average molecular weight is 726 g/mol. The Hall–Kier alpha value is -3.12. The number of sulfonamides is 1. The Morgan fingerprint density at radius 1 is 0.979 bits per heavy atom. The number of benzene rings is 3. The maximum absolute atomic E-state index is 15.4. The summed E-state index contributed by atoms with van der Waals surface area (Å²) in [5, 5.41) is -0.0287. The van der Waals surface area contributed by atoms with E-state index in [1.165, 1.54) is 29.2 Å². The summed E-state index contributed by atoms with van der Waals surface area (Å²) in [7, 11) is -4.09. The van der Waals surface area contributed by atoms with Crippen LogP contribution < -0.4 is 4.31 Å². The van der Waals surface area contributed by atoms with Gasteiger partial charge in [-0.1, -0.05) is 65.7 Å². The molecule has 1 aliphatic heterocycles. The van der Waals surface area contributed by atoms with Gasteiger partial charge in [0.05, 0.1) is 36.0 Å². The van der Waals surface area contributed by atoms with Crippen LogP contribution in [0.4, 0.5) is 23.2 Å². The van der Waals surface area contributed by atoms with Crippen molar-refractivity contribution in [2.75, 3.05) is 10.8 Å². The number of carbonyl (C=O) groups is 1. The number of amides is 1. The lowest BCUT2D eigenvalue weighted by molar-refractivity contribution is -0.239. The molecule has 2 aliphatic carbocycles. The number of para-hydroxylation sites is 1. The maximum atomic E-state index is 15.4. The minimum atomic E-state index is -4.82. The Bertz CT molecular complexity index is 1780. The lowest BCUT2D eigenvalue weighted by atomic mass is 9.83. The minimum absolute atomic E-state index is 0.183. The first-order valence-corrected chi connectivity index (χ1v) is 18.0. The predicted molar refractivity (Wildman–Crippen MR) is 177 cm³/mol. The summed E-state index contributed by atoms with van der Waals surface area (Å²) < 4.78 is 93.9. The molecule has 0 N–H and O–H groups in total. The first kappa shape index (κ1) is 34.7. The monoisotopic (exact) mass is 724 g/mol. The van der Waals surface area contributed by atoms with Gasteiger partial charge < -0.3 is 9.64 Å². The number of hydrogen-bond donors (Lipinski definition) is 0. The zero-order chi connectivity index (χ0) is 34.4. The molecule has 3 aromatic rings. The van der Waals surface area contributed by atoms with E-state index in [1.54, 1.807) is 48.5 Å².